The van der Waals surface area contributed by atoms with Crippen LogP contribution in [0.5, 0.6) is 0 Å². The zero-order valence-electron chi connectivity index (χ0n) is 11.3. The van der Waals surface area contributed by atoms with Crippen LogP contribution in [0.2, 0.25) is 0 Å². The Hall–Kier alpha value is -1.30. The third-order valence-electron chi connectivity index (χ3n) is 2.72. The van der Waals surface area contributed by atoms with Crippen molar-refractivity contribution < 1.29 is 19.8 Å². The minimum absolute atomic E-state index is 0.140. The molecule has 0 aromatic rings. The normalized spacial score (nSPS) is 13.8. The molecule has 0 fully saturated rings. The second-order valence-corrected chi connectivity index (χ2v) is 4.57. The van der Waals surface area contributed by atoms with Crippen LogP contribution in [0.1, 0.15) is 33.1 Å². The predicted molar refractivity (Wildman–Crippen MR) is 68.4 cm³/mol. The molecule has 0 aliphatic carbocycles. The minimum atomic E-state index is -0.885. The SMILES string of the molecule is CCCC(CNC(=O)N(C)CCC(C)O)C(=O)O. The van der Waals surface area contributed by atoms with E-state index in [1.807, 2.05) is 6.92 Å². The molecule has 2 amide bonds. The Morgan fingerprint density at radius 2 is 1.94 bits per heavy atom. The van der Waals surface area contributed by atoms with E-state index in [4.69, 9.17) is 10.2 Å². The van der Waals surface area contributed by atoms with E-state index in [2.05, 4.69) is 5.32 Å². The van der Waals surface area contributed by atoms with Crippen molar-refractivity contribution in [1.29, 1.82) is 0 Å². The molecular weight excluding hydrogens is 236 g/mol. The van der Waals surface area contributed by atoms with Crippen molar-refractivity contribution in [1.82, 2.24) is 10.2 Å². The zero-order chi connectivity index (χ0) is 14.1. The predicted octanol–water partition coefficient (Wildman–Crippen LogP) is 0.900. The maximum Gasteiger partial charge on any atom is 0.317 e. The van der Waals surface area contributed by atoms with Gasteiger partial charge in [0.05, 0.1) is 12.0 Å². The molecule has 6 heteroatoms. The number of nitrogens with zero attached hydrogens (tertiary/aromatic N) is 1. The first-order chi connectivity index (χ1) is 8.38. The molecule has 2 unspecified atom stereocenters. The summed E-state index contributed by atoms with van der Waals surface area (Å²) in [5, 5.41) is 20.6. The van der Waals surface area contributed by atoms with Crippen molar-refractivity contribution in [3.8, 4) is 0 Å². The van der Waals surface area contributed by atoms with Gasteiger partial charge in [-0.25, -0.2) is 4.79 Å². The van der Waals surface area contributed by atoms with Gasteiger partial charge in [0, 0.05) is 20.1 Å². The molecule has 106 valence electrons. The average Bonchev–Trinajstić information content (AvgIpc) is 2.30. The Balaban J connectivity index is 4.02. The highest BCUT2D eigenvalue weighted by Crippen LogP contribution is 2.05. The van der Waals surface area contributed by atoms with Crippen LogP contribution in [0, 0.1) is 5.92 Å². The molecule has 3 N–H and O–H groups in total. The number of carboxylic acids is 1. The molecule has 6 nitrogen and oxygen atoms in total. The number of rotatable bonds is 8. The lowest BCUT2D eigenvalue weighted by Crippen LogP contribution is -2.41. The van der Waals surface area contributed by atoms with Crippen LogP contribution in [0.15, 0.2) is 0 Å². The van der Waals surface area contributed by atoms with Crippen molar-refractivity contribution >= 4 is 12.0 Å². The summed E-state index contributed by atoms with van der Waals surface area (Å²) in [6.07, 6.45) is 1.37. The molecule has 0 aliphatic heterocycles. The number of urea groups is 1. The quantitative estimate of drug-likeness (QED) is 0.605. The number of aliphatic hydroxyl groups excluding tert-OH is 1. The summed E-state index contributed by atoms with van der Waals surface area (Å²) in [4.78, 5) is 24.0. The van der Waals surface area contributed by atoms with Crippen LogP contribution >= 0.6 is 0 Å². The number of carboxylic acid groups (broad SMARTS) is 1. The number of carbonyl (C=O) groups is 2. The highest BCUT2D eigenvalue weighted by molar-refractivity contribution is 5.75. The monoisotopic (exact) mass is 260 g/mol. The van der Waals surface area contributed by atoms with E-state index in [-0.39, 0.29) is 12.6 Å². The first-order valence-corrected chi connectivity index (χ1v) is 6.28. The topological polar surface area (TPSA) is 89.9 Å². The standard InChI is InChI=1S/C12H24N2O4/c1-4-5-10(11(16)17)8-13-12(18)14(3)7-6-9(2)15/h9-10,15H,4-8H2,1-3H3,(H,13,18)(H,16,17). The van der Waals surface area contributed by atoms with Gasteiger partial charge in [-0.2, -0.15) is 0 Å². The van der Waals surface area contributed by atoms with Gasteiger partial charge in [0.1, 0.15) is 0 Å². The van der Waals surface area contributed by atoms with Crippen molar-refractivity contribution in [3.63, 3.8) is 0 Å². The van der Waals surface area contributed by atoms with E-state index in [0.717, 1.165) is 6.42 Å². The maximum absolute atomic E-state index is 11.6. The Morgan fingerprint density at radius 1 is 1.33 bits per heavy atom. The molecule has 0 aromatic carbocycles. The molecule has 0 spiro atoms. The second kappa shape index (κ2) is 8.74. The summed E-state index contributed by atoms with van der Waals surface area (Å²) < 4.78 is 0. The van der Waals surface area contributed by atoms with Gasteiger partial charge in [0.2, 0.25) is 0 Å². The summed E-state index contributed by atoms with van der Waals surface area (Å²) >= 11 is 0. The molecule has 0 bridgehead atoms. The fourth-order valence-corrected chi connectivity index (χ4v) is 1.49. The van der Waals surface area contributed by atoms with Crippen LogP contribution in [-0.4, -0.2) is 53.4 Å². The van der Waals surface area contributed by atoms with Gasteiger partial charge in [-0.15, -0.1) is 0 Å². The van der Waals surface area contributed by atoms with E-state index < -0.39 is 18.0 Å². The molecule has 18 heavy (non-hydrogen) atoms. The van der Waals surface area contributed by atoms with Crippen LogP contribution in [0.3, 0.4) is 0 Å². The third kappa shape index (κ3) is 7.11. The molecule has 0 saturated carbocycles. The molecular formula is C12H24N2O4. The highest BCUT2D eigenvalue weighted by atomic mass is 16.4. The largest absolute Gasteiger partial charge is 0.481 e. The molecule has 0 aliphatic rings. The number of aliphatic hydroxyl groups is 1. The van der Waals surface area contributed by atoms with Gasteiger partial charge < -0.3 is 20.4 Å². The maximum atomic E-state index is 11.6. The van der Waals surface area contributed by atoms with E-state index in [1.54, 1.807) is 14.0 Å². The van der Waals surface area contributed by atoms with E-state index >= 15 is 0 Å². The van der Waals surface area contributed by atoms with Crippen LogP contribution in [0.4, 0.5) is 4.79 Å². The van der Waals surface area contributed by atoms with Crippen LogP contribution < -0.4 is 5.32 Å². The number of hydrogen-bond acceptors (Lipinski definition) is 3. The third-order valence-corrected chi connectivity index (χ3v) is 2.72. The zero-order valence-corrected chi connectivity index (χ0v) is 11.3. The van der Waals surface area contributed by atoms with E-state index in [9.17, 15) is 9.59 Å². The lowest BCUT2D eigenvalue weighted by molar-refractivity contribution is -0.141. The number of carbonyl (C=O) groups excluding carboxylic acids is 1. The Labute approximate surface area is 108 Å². The number of nitrogens with one attached hydrogen (secondary N) is 1. The Kier molecular flexibility index (Phi) is 8.11. The van der Waals surface area contributed by atoms with Crippen molar-refractivity contribution in [3.05, 3.63) is 0 Å². The number of amides is 2. The van der Waals surface area contributed by atoms with Crippen LogP contribution in [-0.2, 0) is 4.79 Å². The molecule has 2 atom stereocenters. The summed E-state index contributed by atoms with van der Waals surface area (Å²) in [5.74, 6) is -1.42. The lowest BCUT2D eigenvalue weighted by Gasteiger charge is -2.20. The smallest absolute Gasteiger partial charge is 0.317 e. The molecule has 0 rings (SSSR count). The van der Waals surface area contributed by atoms with Crippen molar-refractivity contribution in [2.24, 2.45) is 5.92 Å². The summed E-state index contributed by atoms with van der Waals surface area (Å²) in [6.45, 7) is 4.15. The summed E-state index contributed by atoms with van der Waals surface area (Å²) in [5.41, 5.74) is 0. The number of aliphatic carboxylic acids is 1. The minimum Gasteiger partial charge on any atom is -0.481 e. The van der Waals surface area contributed by atoms with Crippen molar-refractivity contribution in [2.75, 3.05) is 20.1 Å². The second-order valence-electron chi connectivity index (χ2n) is 4.57. The molecule has 0 saturated heterocycles. The highest BCUT2D eigenvalue weighted by Gasteiger charge is 2.18. The fourth-order valence-electron chi connectivity index (χ4n) is 1.49. The molecule has 0 radical (unpaired) electrons. The van der Waals surface area contributed by atoms with E-state index in [0.29, 0.717) is 19.4 Å². The fraction of sp³-hybridized carbons (Fsp3) is 0.833. The first-order valence-electron chi connectivity index (χ1n) is 6.28. The Morgan fingerprint density at radius 3 is 2.39 bits per heavy atom. The van der Waals surface area contributed by atoms with Gasteiger partial charge in [-0.1, -0.05) is 13.3 Å². The van der Waals surface area contributed by atoms with Crippen LogP contribution in [0.25, 0.3) is 0 Å². The van der Waals surface area contributed by atoms with Gasteiger partial charge in [0.25, 0.3) is 0 Å². The average molecular weight is 260 g/mol. The molecule has 0 heterocycles. The molecule has 0 aromatic heterocycles. The van der Waals surface area contributed by atoms with Gasteiger partial charge in [-0.05, 0) is 19.8 Å². The van der Waals surface area contributed by atoms with Crippen molar-refractivity contribution in [2.45, 2.75) is 39.2 Å². The van der Waals surface area contributed by atoms with Gasteiger partial charge in [-0.3, -0.25) is 4.79 Å². The number of hydrogen-bond donors (Lipinski definition) is 3. The van der Waals surface area contributed by atoms with Gasteiger partial charge >= 0.3 is 12.0 Å². The summed E-state index contributed by atoms with van der Waals surface area (Å²) in [6, 6.07) is -0.307. The Bertz CT molecular complexity index is 269. The first kappa shape index (κ1) is 16.7. The lowest BCUT2D eigenvalue weighted by atomic mass is 10.0. The van der Waals surface area contributed by atoms with Gasteiger partial charge in [0.15, 0.2) is 0 Å². The summed E-state index contributed by atoms with van der Waals surface area (Å²) in [7, 11) is 1.62. The van der Waals surface area contributed by atoms with E-state index in [1.165, 1.54) is 4.90 Å².